The van der Waals surface area contributed by atoms with Gasteiger partial charge in [-0.1, -0.05) is 24.3 Å². The van der Waals surface area contributed by atoms with E-state index in [1.165, 1.54) is 11.1 Å². The maximum atomic E-state index is 12.4. The smallest absolute Gasteiger partial charge is 0.319 e. The van der Waals surface area contributed by atoms with E-state index in [2.05, 4.69) is 91.0 Å². The molecule has 11 nitrogen and oxygen atoms in total. The summed E-state index contributed by atoms with van der Waals surface area (Å²) in [6.07, 6.45) is 12.0. The van der Waals surface area contributed by atoms with Gasteiger partial charge in [-0.2, -0.15) is 0 Å². The van der Waals surface area contributed by atoms with Crippen LogP contribution in [0.4, 0.5) is 0 Å². The molecule has 0 spiro atoms. The SMILES string of the molecule is CC(C)Oc1ccc(CCCOc2ccc(CNCCCO[PH](=O)OCCCNCc3ccc(OCCCc4ccc(OC(C)C)c(Br)c4)c(-c4ccoc4)c3)cc2-c2ccoc2)cc1Br. The second kappa shape index (κ2) is 27.5. The minimum Gasteiger partial charge on any atom is -0.493 e. The molecule has 0 saturated heterocycles. The molecule has 0 radical (unpaired) electrons. The van der Waals surface area contributed by atoms with Crippen LogP contribution in [0.3, 0.4) is 0 Å². The van der Waals surface area contributed by atoms with Crippen molar-refractivity contribution in [3.05, 3.63) is 141 Å². The van der Waals surface area contributed by atoms with E-state index >= 15 is 0 Å². The molecule has 0 aliphatic rings. The van der Waals surface area contributed by atoms with Gasteiger partial charge in [-0.25, -0.2) is 0 Å². The molecular weight excluding hydrogens is 987 g/mol. The van der Waals surface area contributed by atoms with Gasteiger partial charge in [-0.05, 0) is 194 Å². The number of ether oxygens (including phenoxy) is 4. The van der Waals surface area contributed by atoms with Crippen molar-refractivity contribution in [2.75, 3.05) is 39.5 Å². The minimum absolute atomic E-state index is 0.123. The first kappa shape index (κ1) is 51.1. The fourth-order valence-corrected chi connectivity index (χ4v) is 8.89. The predicted octanol–water partition coefficient (Wildman–Crippen LogP) is 13.4. The number of hydrogen-bond acceptors (Lipinski definition) is 11. The highest BCUT2D eigenvalue weighted by molar-refractivity contribution is 9.11. The van der Waals surface area contributed by atoms with Crippen molar-refractivity contribution in [2.45, 2.75) is 91.5 Å². The summed E-state index contributed by atoms with van der Waals surface area (Å²) in [5.41, 5.74) is 8.60. The number of aryl methyl sites for hydroxylation is 2. The quantitative estimate of drug-likeness (QED) is 0.0331. The largest absolute Gasteiger partial charge is 0.493 e. The van der Waals surface area contributed by atoms with Crippen LogP contribution in [0.2, 0.25) is 0 Å². The summed E-state index contributed by atoms with van der Waals surface area (Å²) in [4.78, 5) is 0. The van der Waals surface area contributed by atoms with Crippen molar-refractivity contribution >= 4 is 40.1 Å². The zero-order valence-corrected chi connectivity index (χ0v) is 42.5. The average Bonchev–Trinajstić information content (AvgIpc) is 4.05. The summed E-state index contributed by atoms with van der Waals surface area (Å²) in [7, 11) is -2.57. The first-order valence-electron chi connectivity index (χ1n) is 22.8. The maximum absolute atomic E-state index is 12.4. The summed E-state index contributed by atoms with van der Waals surface area (Å²) in [5, 5.41) is 6.92. The summed E-state index contributed by atoms with van der Waals surface area (Å²) in [6, 6.07) is 28.8. The van der Waals surface area contributed by atoms with Gasteiger partial charge in [0.15, 0.2) is 0 Å². The third-order valence-corrected chi connectivity index (χ3v) is 12.4. The standard InChI is InChI=1S/C52H63Br2N2O9P/c1-37(2)64-51-17-11-39(31-47(51)53)9-5-23-60-49-15-13-41(29-45(49)43-19-27-58-35-43)33-55-21-7-25-62-66(57)63-26-8-22-56-34-42-14-16-50(46(30-42)44-20-28-59-36-44)61-24-6-10-40-12-18-52(48(54)32-40)65-38(3)4/h11-20,27-32,35-38,55-56,66H,5-10,21-26,33-34H2,1-4H3. The fraction of sp³-hybridized carbons (Fsp3) is 0.385. The Balaban J connectivity index is 0.831. The Kier molecular flexibility index (Phi) is 21.3. The summed E-state index contributed by atoms with van der Waals surface area (Å²) >= 11 is 7.27. The molecule has 354 valence electrons. The molecule has 0 atom stereocenters. The van der Waals surface area contributed by atoms with E-state index in [9.17, 15) is 4.57 Å². The van der Waals surface area contributed by atoms with Gasteiger partial charge in [-0.3, -0.25) is 4.57 Å². The first-order valence-corrected chi connectivity index (χ1v) is 25.6. The molecule has 66 heavy (non-hydrogen) atoms. The lowest BCUT2D eigenvalue weighted by Gasteiger charge is -2.14. The van der Waals surface area contributed by atoms with E-state index in [1.54, 1.807) is 25.1 Å². The zero-order valence-electron chi connectivity index (χ0n) is 38.4. The lowest BCUT2D eigenvalue weighted by atomic mass is 10.0. The molecule has 2 aromatic heterocycles. The second-order valence-electron chi connectivity index (χ2n) is 16.5. The Hall–Kier alpha value is -4.33. The van der Waals surface area contributed by atoms with Crippen LogP contribution in [0, 0.1) is 0 Å². The lowest BCUT2D eigenvalue weighted by Crippen LogP contribution is -2.16. The van der Waals surface area contributed by atoms with E-state index in [-0.39, 0.29) is 12.2 Å². The molecule has 6 rings (SSSR count). The summed E-state index contributed by atoms with van der Waals surface area (Å²) in [5.74, 6) is 3.35. The van der Waals surface area contributed by atoms with Crippen LogP contribution in [0.1, 0.15) is 75.6 Å². The maximum Gasteiger partial charge on any atom is 0.319 e. The molecule has 0 bridgehead atoms. The highest BCUT2D eigenvalue weighted by Gasteiger charge is 2.13. The molecule has 0 saturated carbocycles. The highest BCUT2D eigenvalue weighted by atomic mass is 79.9. The molecule has 4 aromatic carbocycles. The zero-order chi connectivity index (χ0) is 46.5. The van der Waals surface area contributed by atoms with Crippen molar-refractivity contribution in [1.29, 1.82) is 0 Å². The lowest BCUT2D eigenvalue weighted by molar-refractivity contribution is 0.220. The molecular formula is C52H63Br2N2O9P. The third-order valence-electron chi connectivity index (χ3n) is 10.3. The number of nitrogens with one attached hydrogen (secondary N) is 2. The minimum atomic E-state index is -2.57. The molecule has 0 amide bonds. The number of benzene rings is 4. The van der Waals surface area contributed by atoms with E-state index in [0.717, 1.165) is 91.0 Å². The van der Waals surface area contributed by atoms with Gasteiger partial charge in [0.1, 0.15) is 23.0 Å². The molecule has 2 heterocycles. The fourth-order valence-electron chi connectivity index (χ4n) is 7.14. The molecule has 6 aromatic rings. The number of hydrogen-bond donors (Lipinski definition) is 2. The van der Waals surface area contributed by atoms with Crippen LogP contribution in [-0.4, -0.2) is 51.7 Å². The Morgan fingerprint density at radius 1 is 0.530 bits per heavy atom. The molecule has 0 fully saturated rings. The topological polar surface area (TPSA) is 123 Å². The molecule has 0 aliphatic heterocycles. The Morgan fingerprint density at radius 2 is 0.955 bits per heavy atom. The summed E-state index contributed by atoms with van der Waals surface area (Å²) in [6.45, 7) is 12.7. The molecule has 2 N–H and O–H groups in total. The third kappa shape index (κ3) is 17.1. The first-order chi connectivity index (χ1) is 32.1. The van der Waals surface area contributed by atoms with Crippen LogP contribution in [0.5, 0.6) is 23.0 Å². The van der Waals surface area contributed by atoms with Gasteiger partial charge in [0, 0.05) is 35.3 Å². The van der Waals surface area contributed by atoms with Crippen molar-refractivity contribution < 1.29 is 41.4 Å². The van der Waals surface area contributed by atoms with Gasteiger partial charge >= 0.3 is 8.25 Å². The van der Waals surface area contributed by atoms with Crippen molar-refractivity contribution in [2.24, 2.45) is 0 Å². The molecule has 14 heteroatoms. The van der Waals surface area contributed by atoms with Crippen molar-refractivity contribution in [3.8, 4) is 45.3 Å². The van der Waals surface area contributed by atoms with Gasteiger partial charge in [-0.15, -0.1) is 0 Å². The Labute approximate surface area is 407 Å². The van der Waals surface area contributed by atoms with Crippen molar-refractivity contribution in [3.63, 3.8) is 0 Å². The summed E-state index contributed by atoms with van der Waals surface area (Å²) < 4.78 is 60.3. The normalized spacial score (nSPS) is 11.5. The van der Waals surface area contributed by atoms with E-state index in [0.29, 0.717) is 65.4 Å². The predicted molar refractivity (Wildman–Crippen MR) is 269 cm³/mol. The highest BCUT2D eigenvalue weighted by Crippen LogP contribution is 2.34. The Morgan fingerprint density at radius 3 is 1.35 bits per heavy atom. The number of furan rings is 2. The molecule has 0 unspecified atom stereocenters. The van der Waals surface area contributed by atoms with Crippen LogP contribution in [0.15, 0.2) is 128 Å². The van der Waals surface area contributed by atoms with Gasteiger partial charge < -0.3 is 47.5 Å². The van der Waals surface area contributed by atoms with Gasteiger partial charge in [0.2, 0.25) is 0 Å². The van der Waals surface area contributed by atoms with E-state index in [1.807, 2.05) is 64.1 Å². The second-order valence-corrected chi connectivity index (χ2v) is 19.2. The number of rotatable bonds is 30. The van der Waals surface area contributed by atoms with Crippen LogP contribution in [-0.2, 0) is 39.5 Å². The monoisotopic (exact) mass is 1050 g/mol. The Bertz CT molecular complexity index is 2210. The van der Waals surface area contributed by atoms with Crippen LogP contribution < -0.4 is 29.6 Å². The average molecular weight is 1050 g/mol. The van der Waals surface area contributed by atoms with E-state index in [4.69, 9.17) is 36.8 Å². The van der Waals surface area contributed by atoms with E-state index < -0.39 is 8.25 Å². The van der Waals surface area contributed by atoms with Crippen molar-refractivity contribution in [1.82, 2.24) is 10.6 Å². The van der Waals surface area contributed by atoms with Gasteiger partial charge in [0.05, 0.1) is 72.6 Å². The van der Waals surface area contributed by atoms with Crippen LogP contribution in [0.25, 0.3) is 22.3 Å². The van der Waals surface area contributed by atoms with Crippen LogP contribution >= 0.6 is 40.1 Å². The number of halogens is 2. The molecule has 0 aliphatic carbocycles. The van der Waals surface area contributed by atoms with Gasteiger partial charge in [0.25, 0.3) is 0 Å².